The summed E-state index contributed by atoms with van der Waals surface area (Å²) in [6, 6.07) is 0. The van der Waals surface area contributed by atoms with E-state index in [4.69, 9.17) is 5.11 Å². The van der Waals surface area contributed by atoms with E-state index >= 15 is 0 Å². The Hall–Kier alpha value is -0.790. The minimum atomic E-state index is -0.653. The zero-order chi connectivity index (χ0) is 16.0. The minimum absolute atomic E-state index is 0.340. The van der Waals surface area contributed by atoms with Gasteiger partial charge in [0.05, 0.1) is 0 Å². The van der Waals surface area contributed by atoms with Crippen LogP contribution in [0, 0.1) is 11.8 Å². The van der Waals surface area contributed by atoms with Crippen molar-refractivity contribution in [3.8, 4) is 0 Å². The second-order valence-electron chi connectivity index (χ2n) is 6.98. The predicted octanol–water partition coefficient (Wildman–Crippen LogP) is 6.35. The van der Waals surface area contributed by atoms with Crippen LogP contribution >= 0.6 is 0 Å². The first-order chi connectivity index (χ1) is 10.7. The van der Waals surface area contributed by atoms with Crippen LogP contribution in [0.5, 0.6) is 0 Å². The molecule has 0 heterocycles. The third-order valence-electron chi connectivity index (χ3n) is 5.04. The summed E-state index contributed by atoms with van der Waals surface area (Å²) >= 11 is 0. The van der Waals surface area contributed by atoms with E-state index in [1.807, 2.05) is 0 Å². The molecule has 2 atom stereocenters. The molecule has 1 fully saturated rings. The number of carboxylic acid groups (broad SMARTS) is 1. The minimum Gasteiger partial charge on any atom is -0.481 e. The Labute approximate surface area is 137 Å². The fourth-order valence-corrected chi connectivity index (χ4v) is 3.67. The summed E-state index contributed by atoms with van der Waals surface area (Å²) in [6.45, 7) is 2.26. The van der Waals surface area contributed by atoms with E-state index in [1.54, 1.807) is 0 Å². The standard InChI is InChI=1S/C20H36O2/c1-2-3-4-5-6-9-13-18-15-12-16-19(18)14-10-7-8-11-17-20(21)22/h9,13,18-19H,2-8,10-12,14-17H2,1H3,(H,21,22)/b13-9+/t18?,19-/m0/s1. The molecule has 2 nitrogen and oxygen atoms in total. The molecule has 0 aromatic carbocycles. The van der Waals surface area contributed by atoms with Gasteiger partial charge < -0.3 is 5.11 Å². The van der Waals surface area contributed by atoms with Crippen molar-refractivity contribution in [2.75, 3.05) is 0 Å². The molecule has 1 N–H and O–H groups in total. The number of carboxylic acids is 1. The van der Waals surface area contributed by atoms with Gasteiger partial charge in [0.25, 0.3) is 0 Å². The molecule has 1 rings (SSSR count). The van der Waals surface area contributed by atoms with Gasteiger partial charge in [0.15, 0.2) is 0 Å². The first kappa shape index (κ1) is 19.3. The van der Waals surface area contributed by atoms with Crippen LogP contribution in [0.4, 0.5) is 0 Å². The molecule has 1 saturated carbocycles. The van der Waals surface area contributed by atoms with Crippen molar-refractivity contribution in [3.05, 3.63) is 12.2 Å². The highest BCUT2D eigenvalue weighted by Gasteiger charge is 2.24. The lowest BCUT2D eigenvalue weighted by Crippen LogP contribution is -2.05. The molecule has 22 heavy (non-hydrogen) atoms. The van der Waals surface area contributed by atoms with E-state index in [2.05, 4.69) is 19.1 Å². The van der Waals surface area contributed by atoms with Gasteiger partial charge in [-0.3, -0.25) is 4.79 Å². The van der Waals surface area contributed by atoms with Crippen LogP contribution in [0.3, 0.4) is 0 Å². The van der Waals surface area contributed by atoms with Crippen LogP contribution in [0.15, 0.2) is 12.2 Å². The van der Waals surface area contributed by atoms with E-state index in [1.165, 1.54) is 70.6 Å². The second kappa shape index (κ2) is 12.7. The van der Waals surface area contributed by atoms with Crippen LogP contribution in [0.25, 0.3) is 0 Å². The van der Waals surface area contributed by atoms with Crippen molar-refractivity contribution in [2.24, 2.45) is 11.8 Å². The Morgan fingerprint density at radius 1 is 1.05 bits per heavy atom. The summed E-state index contributed by atoms with van der Waals surface area (Å²) in [4.78, 5) is 10.5. The van der Waals surface area contributed by atoms with Crippen molar-refractivity contribution in [1.29, 1.82) is 0 Å². The van der Waals surface area contributed by atoms with Gasteiger partial charge in [0.1, 0.15) is 0 Å². The fourth-order valence-electron chi connectivity index (χ4n) is 3.67. The zero-order valence-electron chi connectivity index (χ0n) is 14.6. The van der Waals surface area contributed by atoms with Crippen LogP contribution in [0.1, 0.15) is 96.8 Å². The summed E-state index contributed by atoms with van der Waals surface area (Å²) < 4.78 is 0. The maximum atomic E-state index is 10.5. The van der Waals surface area contributed by atoms with E-state index in [0.717, 1.165) is 24.7 Å². The van der Waals surface area contributed by atoms with Crippen LogP contribution in [0.2, 0.25) is 0 Å². The lowest BCUT2D eigenvalue weighted by molar-refractivity contribution is -0.137. The molecular formula is C20H36O2. The van der Waals surface area contributed by atoms with Crippen molar-refractivity contribution >= 4 is 5.97 Å². The quantitative estimate of drug-likeness (QED) is 0.318. The predicted molar refractivity (Wildman–Crippen MR) is 94.1 cm³/mol. The summed E-state index contributed by atoms with van der Waals surface area (Å²) in [5.41, 5.74) is 0. The molecule has 1 aliphatic rings. The van der Waals surface area contributed by atoms with Crippen LogP contribution in [-0.2, 0) is 4.79 Å². The van der Waals surface area contributed by atoms with Gasteiger partial charge >= 0.3 is 5.97 Å². The Balaban J connectivity index is 2.07. The molecule has 0 aromatic rings. The Morgan fingerprint density at radius 3 is 2.59 bits per heavy atom. The number of allylic oxidation sites excluding steroid dienone is 2. The van der Waals surface area contributed by atoms with E-state index in [0.29, 0.717) is 6.42 Å². The molecule has 2 heteroatoms. The molecule has 0 bridgehead atoms. The highest BCUT2D eigenvalue weighted by atomic mass is 16.4. The number of rotatable bonds is 13. The molecule has 0 aromatic heterocycles. The third-order valence-corrected chi connectivity index (χ3v) is 5.04. The molecule has 0 saturated heterocycles. The third kappa shape index (κ3) is 9.27. The molecule has 0 spiro atoms. The fraction of sp³-hybridized carbons (Fsp3) is 0.850. The van der Waals surface area contributed by atoms with Crippen molar-refractivity contribution in [3.63, 3.8) is 0 Å². The second-order valence-corrected chi connectivity index (χ2v) is 6.98. The Bertz CT molecular complexity index is 309. The monoisotopic (exact) mass is 308 g/mol. The van der Waals surface area contributed by atoms with Crippen molar-refractivity contribution < 1.29 is 9.90 Å². The average Bonchev–Trinajstić information content (AvgIpc) is 2.93. The van der Waals surface area contributed by atoms with Crippen molar-refractivity contribution in [1.82, 2.24) is 0 Å². The number of carbonyl (C=O) groups is 1. The summed E-state index contributed by atoms with van der Waals surface area (Å²) in [5.74, 6) is 1.07. The maximum Gasteiger partial charge on any atom is 0.303 e. The van der Waals surface area contributed by atoms with Gasteiger partial charge in [-0.2, -0.15) is 0 Å². The van der Waals surface area contributed by atoms with Gasteiger partial charge in [-0.1, -0.05) is 64.0 Å². The summed E-state index contributed by atoms with van der Waals surface area (Å²) in [6.07, 6.45) is 21.9. The maximum absolute atomic E-state index is 10.5. The molecule has 0 radical (unpaired) electrons. The molecule has 1 aliphatic carbocycles. The number of hydrogen-bond acceptors (Lipinski definition) is 1. The van der Waals surface area contributed by atoms with Gasteiger partial charge in [-0.25, -0.2) is 0 Å². The molecular weight excluding hydrogens is 272 g/mol. The van der Waals surface area contributed by atoms with E-state index in [-0.39, 0.29) is 0 Å². The van der Waals surface area contributed by atoms with E-state index in [9.17, 15) is 4.79 Å². The van der Waals surface area contributed by atoms with Gasteiger partial charge in [0, 0.05) is 6.42 Å². The average molecular weight is 309 g/mol. The lowest BCUT2D eigenvalue weighted by atomic mass is 9.90. The lowest BCUT2D eigenvalue weighted by Gasteiger charge is -2.16. The van der Waals surface area contributed by atoms with Gasteiger partial charge in [0.2, 0.25) is 0 Å². The largest absolute Gasteiger partial charge is 0.481 e. The van der Waals surface area contributed by atoms with Gasteiger partial charge in [-0.05, 0) is 50.4 Å². The zero-order valence-corrected chi connectivity index (χ0v) is 14.6. The summed E-state index contributed by atoms with van der Waals surface area (Å²) in [7, 11) is 0. The smallest absolute Gasteiger partial charge is 0.303 e. The van der Waals surface area contributed by atoms with E-state index < -0.39 is 5.97 Å². The topological polar surface area (TPSA) is 37.3 Å². The normalized spacial score (nSPS) is 21.7. The highest BCUT2D eigenvalue weighted by Crippen LogP contribution is 2.36. The number of aliphatic carboxylic acids is 1. The highest BCUT2D eigenvalue weighted by molar-refractivity contribution is 5.66. The first-order valence-corrected chi connectivity index (χ1v) is 9.62. The first-order valence-electron chi connectivity index (χ1n) is 9.62. The molecule has 0 amide bonds. The summed E-state index contributed by atoms with van der Waals surface area (Å²) in [5, 5.41) is 8.62. The SMILES string of the molecule is CCCCCC/C=C/C1CCC[C@@H]1CCCCCCC(=O)O. The van der Waals surface area contributed by atoms with Crippen molar-refractivity contribution in [2.45, 2.75) is 96.8 Å². The molecule has 0 aliphatic heterocycles. The molecule has 1 unspecified atom stereocenters. The Morgan fingerprint density at radius 2 is 1.82 bits per heavy atom. The Kier molecular flexibility index (Phi) is 11.1. The number of hydrogen-bond donors (Lipinski definition) is 1. The van der Waals surface area contributed by atoms with Crippen LogP contribution < -0.4 is 0 Å². The van der Waals surface area contributed by atoms with Gasteiger partial charge in [-0.15, -0.1) is 0 Å². The number of unbranched alkanes of at least 4 members (excludes halogenated alkanes) is 7. The molecule has 128 valence electrons. The van der Waals surface area contributed by atoms with Crippen LogP contribution in [-0.4, -0.2) is 11.1 Å².